The number of benzene rings is 2. The third-order valence-corrected chi connectivity index (χ3v) is 3.55. The van der Waals surface area contributed by atoms with E-state index >= 15 is 0 Å². The van der Waals surface area contributed by atoms with Crippen LogP contribution in [0, 0.1) is 6.92 Å². The SMILES string of the molecule is COc1cc(C=Cc2cccc3ccccc23)ncc1C.Cl. The maximum absolute atomic E-state index is 5.33. The Bertz CT molecular complexity index is 806. The van der Waals surface area contributed by atoms with Crippen LogP contribution in [0.3, 0.4) is 0 Å². The van der Waals surface area contributed by atoms with Gasteiger partial charge in [-0.05, 0) is 29.3 Å². The summed E-state index contributed by atoms with van der Waals surface area (Å²) in [5.41, 5.74) is 3.12. The fourth-order valence-corrected chi connectivity index (χ4v) is 2.40. The lowest BCUT2D eigenvalue weighted by Crippen LogP contribution is -1.90. The quantitative estimate of drug-likeness (QED) is 0.668. The van der Waals surface area contributed by atoms with Gasteiger partial charge in [-0.2, -0.15) is 0 Å². The monoisotopic (exact) mass is 311 g/mol. The van der Waals surface area contributed by atoms with E-state index in [1.807, 2.05) is 25.3 Å². The average molecular weight is 312 g/mol. The van der Waals surface area contributed by atoms with Crippen LogP contribution >= 0.6 is 12.4 Å². The average Bonchev–Trinajstić information content (AvgIpc) is 2.54. The smallest absolute Gasteiger partial charge is 0.125 e. The Kier molecular flexibility index (Phi) is 5.18. The van der Waals surface area contributed by atoms with Gasteiger partial charge in [0.05, 0.1) is 12.8 Å². The Morgan fingerprint density at radius 1 is 1.00 bits per heavy atom. The van der Waals surface area contributed by atoms with Crippen LogP contribution in [0.1, 0.15) is 16.8 Å². The van der Waals surface area contributed by atoms with Crippen LogP contribution in [0.4, 0.5) is 0 Å². The topological polar surface area (TPSA) is 22.1 Å². The highest BCUT2D eigenvalue weighted by atomic mass is 35.5. The van der Waals surface area contributed by atoms with Gasteiger partial charge in [-0.3, -0.25) is 4.98 Å². The van der Waals surface area contributed by atoms with Crippen LogP contribution in [0.5, 0.6) is 5.75 Å². The Hall–Kier alpha value is -2.32. The van der Waals surface area contributed by atoms with Crippen LogP contribution < -0.4 is 4.74 Å². The van der Waals surface area contributed by atoms with Crippen molar-refractivity contribution in [3.05, 3.63) is 71.5 Å². The number of ether oxygens (including phenoxy) is 1. The third kappa shape index (κ3) is 3.29. The van der Waals surface area contributed by atoms with E-state index in [9.17, 15) is 0 Å². The lowest BCUT2D eigenvalue weighted by molar-refractivity contribution is 0.411. The molecule has 1 aromatic heterocycles. The van der Waals surface area contributed by atoms with E-state index in [4.69, 9.17) is 4.74 Å². The highest BCUT2D eigenvalue weighted by molar-refractivity contribution is 5.92. The predicted molar refractivity (Wildman–Crippen MR) is 95.7 cm³/mol. The first-order chi connectivity index (χ1) is 10.3. The van der Waals surface area contributed by atoms with Gasteiger partial charge in [0, 0.05) is 17.8 Å². The number of fused-ring (bicyclic) bond motifs is 1. The second-order valence-corrected chi connectivity index (χ2v) is 4.98. The van der Waals surface area contributed by atoms with Gasteiger partial charge in [0.15, 0.2) is 0 Å². The van der Waals surface area contributed by atoms with Crippen molar-refractivity contribution in [3.8, 4) is 5.75 Å². The highest BCUT2D eigenvalue weighted by Crippen LogP contribution is 2.22. The second-order valence-electron chi connectivity index (χ2n) is 4.98. The molecule has 112 valence electrons. The molecule has 0 N–H and O–H groups in total. The van der Waals surface area contributed by atoms with Crippen molar-refractivity contribution in [2.24, 2.45) is 0 Å². The predicted octanol–water partition coefficient (Wildman–Crippen LogP) is 5.14. The molecule has 0 radical (unpaired) electrons. The Morgan fingerprint density at radius 2 is 1.77 bits per heavy atom. The van der Waals surface area contributed by atoms with Gasteiger partial charge in [0.2, 0.25) is 0 Å². The van der Waals surface area contributed by atoms with Gasteiger partial charge in [0.1, 0.15) is 5.75 Å². The summed E-state index contributed by atoms with van der Waals surface area (Å²) >= 11 is 0. The number of aromatic nitrogens is 1. The molecule has 1 heterocycles. The van der Waals surface area contributed by atoms with E-state index < -0.39 is 0 Å². The molecule has 0 atom stereocenters. The van der Waals surface area contributed by atoms with Crippen LogP contribution in [0.25, 0.3) is 22.9 Å². The fraction of sp³-hybridized carbons (Fsp3) is 0.105. The fourth-order valence-electron chi connectivity index (χ4n) is 2.40. The van der Waals surface area contributed by atoms with Crippen molar-refractivity contribution in [2.75, 3.05) is 7.11 Å². The summed E-state index contributed by atoms with van der Waals surface area (Å²) in [5, 5.41) is 2.49. The van der Waals surface area contributed by atoms with Crippen molar-refractivity contribution in [3.63, 3.8) is 0 Å². The zero-order valence-electron chi connectivity index (χ0n) is 12.6. The van der Waals surface area contributed by atoms with Gasteiger partial charge in [-0.25, -0.2) is 0 Å². The molecule has 3 rings (SSSR count). The van der Waals surface area contributed by atoms with Gasteiger partial charge in [0.25, 0.3) is 0 Å². The Balaban J connectivity index is 0.00000176. The molecule has 0 saturated heterocycles. The van der Waals surface area contributed by atoms with Crippen molar-refractivity contribution >= 4 is 35.3 Å². The van der Waals surface area contributed by atoms with Crippen molar-refractivity contribution < 1.29 is 4.74 Å². The molecule has 2 aromatic carbocycles. The zero-order chi connectivity index (χ0) is 14.7. The summed E-state index contributed by atoms with van der Waals surface area (Å²) in [7, 11) is 1.68. The van der Waals surface area contributed by atoms with E-state index in [0.717, 1.165) is 17.0 Å². The molecular weight excluding hydrogens is 294 g/mol. The number of hydrogen-bond donors (Lipinski definition) is 0. The highest BCUT2D eigenvalue weighted by Gasteiger charge is 2.00. The molecule has 3 heteroatoms. The molecule has 3 aromatic rings. The minimum atomic E-state index is 0. The van der Waals surface area contributed by atoms with Crippen molar-refractivity contribution in [1.82, 2.24) is 4.98 Å². The maximum Gasteiger partial charge on any atom is 0.125 e. The molecule has 0 spiro atoms. The van der Waals surface area contributed by atoms with E-state index in [2.05, 4.69) is 53.5 Å². The normalized spacial score (nSPS) is 10.6. The van der Waals surface area contributed by atoms with Gasteiger partial charge >= 0.3 is 0 Å². The standard InChI is InChI=1S/C19H17NO.ClH/c1-14-13-20-17(12-19(14)21-2)11-10-16-8-5-7-15-6-3-4-9-18(15)16;/h3-13H,1-2H3;1H. The first-order valence-corrected chi connectivity index (χ1v) is 6.94. The molecule has 0 unspecified atom stereocenters. The number of methoxy groups -OCH3 is 1. The van der Waals surface area contributed by atoms with E-state index in [1.165, 1.54) is 16.3 Å². The lowest BCUT2D eigenvalue weighted by atomic mass is 10.0. The van der Waals surface area contributed by atoms with Crippen LogP contribution in [-0.2, 0) is 0 Å². The first kappa shape index (κ1) is 16.1. The summed E-state index contributed by atoms with van der Waals surface area (Å²) < 4.78 is 5.33. The van der Waals surface area contributed by atoms with Gasteiger partial charge in [-0.15, -0.1) is 12.4 Å². The number of halogens is 1. The maximum atomic E-state index is 5.33. The number of nitrogens with zero attached hydrogens (tertiary/aromatic N) is 1. The molecule has 0 saturated carbocycles. The minimum absolute atomic E-state index is 0. The van der Waals surface area contributed by atoms with Crippen LogP contribution in [0.2, 0.25) is 0 Å². The Labute approximate surface area is 136 Å². The molecule has 0 aliphatic rings. The largest absolute Gasteiger partial charge is 0.496 e. The first-order valence-electron chi connectivity index (χ1n) is 6.94. The van der Waals surface area contributed by atoms with E-state index in [0.29, 0.717) is 0 Å². The van der Waals surface area contributed by atoms with Crippen molar-refractivity contribution in [1.29, 1.82) is 0 Å². The molecule has 2 nitrogen and oxygen atoms in total. The minimum Gasteiger partial charge on any atom is -0.496 e. The molecule has 0 bridgehead atoms. The molecule has 0 aliphatic heterocycles. The van der Waals surface area contributed by atoms with Crippen LogP contribution in [-0.4, -0.2) is 12.1 Å². The zero-order valence-corrected chi connectivity index (χ0v) is 13.4. The van der Waals surface area contributed by atoms with Gasteiger partial charge in [-0.1, -0.05) is 48.5 Å². The number of hydrogen-bond acceptors (Lipinski definition) is 2. The number of pyridine rings is 1. The Morgan fingerprint density at radius 3 is 2.59 bits per heavy atom. The van der Waals surface area contributed by atoms with E-state index in [1.54, 1.807) is 7.11 Å². The molecule has 22 heavy (non-hydrogen) atoms. The molecule has 0 aliphatic carbocycles. The van der Waals surface area contributed by atoms with Crippen molar-refractivity contribution in [2.45, 2.75) is 6.92 Å². The van der Waals surface area contributed by atoms with Crippen LogP contribution in [0.15, 0.2) is 54.7 Å². The number of aryl methyl sites for hydroxylation is 1. The molecule has 0 amide bonds. The third-order valence-electron chi connectivity index (χ3n) is 3.55. The van der Waals surface area contributed by atoms with Gasteiger partial charge < -0.3 is 4.74 Å². The number of rotatable bonds is 3. The summed E-state index contributed by atoms with van der Waals surface area (Å²) in [6, 6.07) is 16.7. The molecular formula is C19H18ClNO. The summed E-state index contributed by atoms with van der Waals surface area (Å²) in [5.74, 6) is 0.863. The summed E-state index contributed by atoms with van der Waals surface area (Å²) in [6.45, 7) is 1.99. The summed E-state index contributed by atoms with van der Waals surface area (Å²) in [6.07, 6.45) is 5.95. The molecule has 0 fully saturated rings. The second kappa shape index (κ2) is 7.10. The lowest BCUT2D eigenvalue weighted by Gasteiger charge is -2.05. The van der Waals surface area contributed by atoms with E-state index in [-0.39, 0.29) is 12.4 Å². The summed E-state index contributed by atoms with van der Waals surface area (Å²) in [4.78, 5) is 4.42.